The Bertz CT molecular complexity index is 1030. The van der Waals surface area contributed by atoms with Crippen LogP contribution < -0.4 is 5.32 Å². The van der Waals surface area contributed by atoms with Crippen LogP contribution in [0, 0.1) is 18.3 Å². The second-order valence-corrected chi connectivity index (χ2v) is 6.02. The molecule has 0 fully saturated rings. The molecule has 26 heavy (non-hydrogen) atoms. The summed E-state index contributed by atoms with van der Waals surface area (Å²) >= 11 is 6.04. The zero-order valence-corrected chi connectivity index (χ0v) is 14.7. The summed E-state index contributed by atoms with van der Waals surface area (Å²) < 4.78 is 1.62. The third-order valence-electron chi connectivity index (χ3n) is 3.63. The van der Waals surface area contributed by atoms with Crippen molar-refractivity contribution in [3.05, 3.63) is 82.5 Å². The van der Waals surface area contributed by atoms with E-state index in [1.807, 2.05) is 25.1 Å². The van der Waals surface area contributed by atoms with Gasteiger partial charge in [-0.05, 0) is 42.8 Å². The van der Waals surface area contributed by atoms with E-state index in [2.05, 4.69) is 16.5 Å². The fourth-order valence-corrected chi connectivity index (χ4v) is 2.66. The molecule has 0 radical (unpaired) electrons. The van der Waals surface area contributed by atoms with Gasteiger partial charge in [0, 0.05) is 17.2 Å². The lowest BCUT2D eigenvalue weighted by atomic mass is 10.1. The summed E-state index contributed by atoms with van der Waals surface area (Å²) in [5.74, 6) is 0.217. The number of nitrogens with one attached hydrogen (secondary N) is 1. The van der Waals surface area contributed by atoms with Crippen LogP contribution in [-0.2, 0) is 4.79 Å². The van der Waals surface area contributed by atoms with Gasteiger partial charge in [0.1, 0.15) is 5.82 Å². The van der Waals surface area contributed by atoms with Gasteiger partial charge in [-0.25, -0.2) is 4.68 Å². The van der Waals surface area contributed by atoms with E-state index in [1.54, 1.807) is 47.2 Å². The molecule has 0 aliphatic rings. The van der Waals surface area contributed by atoms with E-state index in [1.165, 1.54) is 6.08 Å². The highest BCUT2D eigenvalue weighted by molar-refractivity contribution is 6.30. The molecular weight excluding hydrogens is 348 g/mol. The largest absolute Gasteiger partial charge is 0.307 e. The number of hydrogen-bond acceptors (Lipinski definition) is 3. The average Bonchev–Trinajstić information content (AvgIpc) is 3.00. The van der Waals surface area contributed by atoms with Crippen LogP contribution in [0.2, 0.25) is 5.02 Å². The lowest BCUT2D eigenvalue weighted by Gasteiger charge is -2.08. The summed E-state index contributed by atoms with van der Waals surface area (Å²) in [4.78, 5) is 12.3. The SMILES string of the molecule is Cc1cc(NC(=O)/C=C/c2ccccc2C#N)n(-c2cccc(Cl)c2)n1. The first-order valence-corrected chi connectivity index (χ1v) is 8.25. The fraction of sp³-hybridized carbons (Fsp3) is 0.0500. The number of aromatic nitrogens is 2. The Balaban J connectivity index is 1.82. The summed E-state index contributed by atoms with van der Waals surface area (Å²) in [5, 5.41) is 16.9. The normalized spacial score (nSPS) is 10.7. The minimum absolute atomic E-state index is 0.319. The number of halogens is 1. The molecule has 1 N–H and O–H groups in total. The molecule has 1 amide bonds. The predicted molar refractivity (Wildman–Crippen MR) is 102 cm³/mol. The Hall–Kier alpha value is -3.36. The van der Waals surface area contributed by atoms with Crippen molar-refractivity contribution in [2.75, 3.05) is 5.32 Å². The van der Waals surface area contributed by atoms with Gasteiger partial charge in [-0.3, -0.25) is 4.79 Å². The molecule has 0 aliphatic heterocycles. The van der Waals surface area contributed by atoms with Gasteiger partial charge in [-0.1, -0.05) is 35.9 Å². The molecule has 0 saturated carbocycles. The molecule has 0 atom stereocenters. The Morgan fingerprint density at radius 3 is 2.81 bits per heavy atom. The molecule has 6 heteroatoms. The van der Waals surface area contributed by atoms with Crippen molar-refractivity contribution in [3.63, 3.8) is 0 Å². The summed E-state index contributed by atoms with van der Waals surface area (Å²) in [6.45, 7) is 1.84. The molecule has 2 aromatic carbocycles. The maximum Gasteiger partial charge on any atom is 0.249 e. The smallest absolute Gasteiger partial charge is 0.249 e. The van der Waals surface area contributed by atoms with E-state index in [0.717, 1.165) is 11.4 Å². The van der Waals surface area contributed by atoms with E-state index < -0.39 is 0 Å². The molecule has 3 rings (SSSR count). The Labute approximate surface area is 156 Å². The zero-order valence-electron chi connectivity index (χ0n) is 14.0. The Morgan fingerprint density at radius 2 is 2.04 bits per heavy atom. The van der Waals surface area contributed by atoms with Crippen LogP contribution in [-0.4, -0.2) is 15.7 Å². The van der Waals surface area contributed by atoms with E-state index in [9.17, 15) is 4.79 Å². The molecule has 3 aromatic rings. The van der Waals surface area contributed by atoms with E-state index in [4.69, 9.17) is 16.9 Å². The van der Waals surface area contributed by atoms with Crippen molar-refractivity contribution in [2.24, 2.45) is 0 Å². The van der Waals surface area contributed by atoms with Crippen LogP contribution in [0.4, 0.5) is 5.82 Å². The van der Waals surface area contributed by atoms with E-state index in [0.29, 0.717) is 22.0 Å². The third-order valence-corrected chi connectivity index (χ3v) is 3.87. The Kier molecular flexibility index (Phi) is 5.16. The number of benzene rings is 2. The predicted octanol–water partition coefficient (Wildman–Crippen LogP) is 4.36. The Morgan fingerprint density at radius 1 is 1.23 bits per heavy atom. The van der Waals surface area contributed by atoms with Crippen LogP contribution in [0.25, 0.3) is 11.8 Å². The molecule has 1 heterocycles. The van der Waals surface area contributed by atoms with Crippen molar-refractivity contribution < 1.29 is 4.79 Å². The first-order chi connectivity index (χ1) is 12.6. The number of nitriles is 1. The molecular formula is C20H15ClN4O. The summed E-state index contributed by atoms with van der Waals surface area (Å²) in [6, 6.07) is 18.2. The number of rotatable bonds is 4. The van der Waals surface area contributed by atoms with Gasteiger partial charge in [0.15, 0.2) is 0 Å². The van der Waals surface area contributed by atoms with Crippen LogP contribution >= 0.6 is 11.6 Å². The second kappa shape index (κ2) is 7.68. The lowest BCUT2D eigenvalue weighted by Crippen LogP contribution is -2.12. The number of amides is 1. The minimum Gasteiger partial charge on any atom is -0.307 e. The minimum atomic E-state index is -0.319. The number of carbonyl (C=O) groups is 1. The summed E-state index contributed by atoms with van der Waals surface area (Å²) in [7, 11) is 0. The first kappa shape index (κ1) is 17.5. The van der Waals surface area contributed by atoms with Crippen molar-refractivity contribution in [2.45, 2.75) is 6.92 Å². The van der Waals surface area contributed by atoms with Crippen LogP contribution in [0.1, 0.15) is 16.8 Å². The van der Waals surface area contributed by atoms with Gasteiger partial charge in [0.2, 0.25) is 5.91 Å². The van der Waals surface area contributed by atoms with E-state index in [-0.39, 0.29) is 5.91 Å². The average molecular weight is 363 g/mol. The number of carbonyl (C=O) groups excluding carboxylic acids is 1. The number of aryl methyl sites for hydroxylation is 1. The number of hydrogen-bond donors (Lipinski definition) is 1. The summed E-state index contributed by atoms with van der Waals surface area (Å²) in [6.07, 6.45) is 3.00. The maximum atomic E-state index is 12.3. The monoisotopic (exact) mass is 362 g/mol. The van der Waals surface area contributed by atoms with Gasteiger partial charge in [0.25, 0.3) is 0 Å². The molecule has 0 aliphatic carbocycles. The maximum absolute atomic E-state index is 12.3. The van der Waals surface area contributed by atoms with E-state index >= 15 is 0 Å². The van der Waals surface area contributed by atoms with Crippen LogP contribution in [0.15, 0.2) is 60.7 Å². The highest BCUT2D eigenvalue weighted by Gasteiger charge is 2.10. The molecule has 0 unspecified atom stereocenters. The highest BCUT2D eigenvalue weighted by Crippen LogP contribution is 2.20. The quantitative estimate of drug-likeness (QED) is 0.701. The van der Waals surface area contributed by atoms with Crippen LogP contribution in [0.5, 0.6) is 0 Å². The van der Waals surface area contributed by atoms with Crippen molar-refractivity contribution in [3.8, 4) is 11.8 Å². The molecule has 0 spiro atoms. The van der Waals surface area contributed by atoms with Gasteiger partial charge in [0.05, 0.1) is 23.0 Å². The highest BCUT2D eigenvalue weighted by atomic mass is 35.5. The fourth-order valence-electron chi connectivity index (χ4n) is 2.47. The van der Waals surface area contributed by atoms with Crippen molar-refractivity contribution in [1.29, 1.82) is 5.26 Å². The summed E-state index contributed by atoms with van der Waals surface area (Å²) in [5.41, 5.74) is 2.71. The van der Waals surface area contributed by atoms with Crippen LogP contribution in [0.3, 0.4) is 0 Å². The molecule has 5 nitrogen and oxygen atoms in total. The zero-order chi connectivity index (χ0) is 18.5. The van der Waals surface area contributed by atoms with Crippen molar-refractivity contribution >= 4 is 29.4 Å². The van der Waals surface area contributed by atoms with Gasteiger partial charge >= 0.3 is 0 Å². The third kappa shape index (κ3) is 4.00. The standard InChI is InChI=1S/C20H15ClN4O/c1-14-11-19(25(24-14)18-8-4-7-17(21)12-18)23-20(26)10-9-15-5-2-3-6-16(15)13-22/h2-12H,1H3,(H,23,26)/b10-9+. The number of nitrogens with zero attached hydrogens (tertiary/aromatic N) is 3. The van der Waals surface area contributed by atoms with Gasteiger partial charge in [-0.15, -0.1) is 0 Å². The topological polar surface area (TPSA) is 70.7 Å². The lowest BCUT2D eigenvalue weighted by molar-refractivity contribution is -0.111. The first-order valence-electron chi connectivity index (χ1n) is 7.87. The van der Waals surface area contributed by atoms with Gasteiger partial charge in [-0.2, -0.15) is 10.4 Å². The molecule has 0 saturated heterocycles. The molecule has 1 aromatic heterocycles. The molecule has 0 bridgehead atoms. The number of anilines is 1. The molecule has 128 valence electrons. The van der Waals surface area contributed by atoms with Gasteiger partial charge < -0.3 is 5.32 Å². The van der Waals surface area contributed by atoms with Crippen molar-refractivity contribution in [1.82, 2.24) is 9.78 Å². The second-order valence-electron chi connectivity index (χ2n) is 5.58.